The molecule has 2 rings (SSSR count). The maximum atomic E-state index is 12.9. The summed E-state index contributed by atoms with van der Waals surface area (Å²) in [6.45, 7) is 0. The Labute approximate surface area is 98.0 Å². The van der Waals surface area contributed by atoms with Crippen molar-refractivity contribution in [3.8, 4) is 0 Å². The zero-order valence-corrected chi connectivity index (χ0v) is 9.38. The van der Waals surface area contributed by atoms with E-state index in [2.05, 4.69) is 0 Å². The van der Waals surface area contributed by atoms with Crippen LogP contribution in [0.3, 0.4) is 0 Å². The van der Waals surface area contributed by atoms with Crippen LogP contribution in [0, 0.1) is 11.7 Å². The van der Waals surface area contributed by atoms with Crippen LogP contribution >= 0.6 is 11.6 Å². The minimum atomic E-state index is -0.836. The van der Waals surface area contributed by atoms with E-state index in [1.165, 1.54) is 12.1 Å². The van der Waals surface area contributed by atoms with E-state index in [0.29, 0.717) is 10.9 Å². The zero-order chi connectivity index (χ0) is 11.7. The van der Waals surface area contributed by atoms with Gasteiger partial charge in [-0.25, -0.2) is 4.39 Å². The summed E-state index contributed by atoms with van der Waals surface area (Å²) in [5.41, 5.74) is 0.757. The van der Waals surface area contributed by atoms with Gasteiger partial charge in [0.2, 0.25) is 0 Å². The minimum absolute atomic E-state index is 0.0655. The van der Waals surface area contributed by atoms with Crippen LogP contribution in [0.25, 0.3) is 0 Å². The second-order valence-corrected chi connectivity index (χ2v) is 4.61. The van der Waals surface area contributed by atoms with Crippen molar-refractivity contribution in [1.82, 2.24) is 0 Å². The van der Waals surface area contributed by atoms with Gasteiger partial charge in [0, 0.05) is 5.02 Å². The van der Waals surface area contributed by atoms with Crippen molar-refractivity contribution in [3.05, 3.63) is 34.6 Å². The first-order chi connectivity index (χ1) is 7.58. The highest BCUT2D eigenvalue weighted by Gasteiger charge is 2.34. The number of hydrogen-bond donors (Lipinski definition) is 1. The third kappa shape index (κ3) is 2.53. The van der Waals surface area contributed by atoms with E-state index in [1.807, 2.05) is 0 Å². The SMILES string of the molecule is O=C(O)CC(c1ccc(F)cc1Cl)C1CC1. The lowest BCUT2D eigenvalue weighted by molar-refractivity contribution is -0.137. The number of benzene rings is 1. The van der Waals surface area contributed by atoms with Gasteiger partial charge in [-0.1, -0.05) is 17.7 Å². The summed E-state index contributed by atoms with van der Waals surface area (Å²) in [7, 11) is 0. The van der Waals surface area contributed by atoms with Crippen molar-refractivity contribution in [2.24, 2.45) is 5.92 Å². The Kier molecular flexibility index (Phi) is 3.15. The molecule has 1 atom stereocenters. The average molecular weight is 243 g/mol. The molecular formula is C12H12ClFO2. The molecule has 1 saturated carbocycles. The van der Waals surface area contributed by atoms with Crippen LogP contribution in [0.4, 0.5) is 4.39 Å². The predicted octanol–water partition coefficient (Wildman–Crippen LogP) is 3.45. The molecule has 0 amide bonds. The number of rotatable bonds is 4. The lowest BCUT2D eigenvalue weighted by atomic mass is 9.91. The van der Waals surface area contributed by atoms with Gasteiger partial charge in [0.25, 0.3) is 0 Å². The molecule has 1 fully saturated rings. The van der Waals surface area contributed by atoms with E-state index >= 15 is 0 Å². The fourth-order valence-corrected chi connectivity index (χ4v) is 2.33. The lowest BCUT2D eigenvalue weighted by Crippen LogP contribution is -2.09. The van der Waals surface area contributed by atoms with E-state index in [1.54, 1.807) is 6.07 Å². The van der Waals surface area contributed by atoms with Crippen LogP contribution in [0.2, 0.25) is 5.02 Å². The van der Waals surface area contributed by atoms with Crippen LogP contribution in [-0.2, 0) is 4.79 Å². The Balaban J connectivity index is 2.27. The Morgan fingerprint density at radius 3 is 2.75 bits per heavy atom. The molecule has 1 aliphatic carbocycles. The van der Waals surface area contributed by atoms with Gasteiger partial charge >= 0.3 is 5.97 Å². The normalized spacial score (nSPS) is 17.1. The highest BCUT2D eigenvalue weighted by atomic mass is 35.5. The molecule has 1 aromatic rings. The van der Waals surface area contributed by atoms with Crippen molar-refractivity contribution >= 4 is 17.6 Å². The van der Waals surface area contributed by atoms with Crippen LogP contribution in [-0.4, -0.2) is 11.1 Å². The Morgan fingerprint density at radius 2 is 2.25 bits per heavy atom. The van der Waals surface area contributed by atoms with E-state index in [0.717, 1.165) is 18.4 Å². The predicted molar refractivity (Wildman–Crippen MR) is 59.1 cm³/mol. The summed E-state index contributed by atoms with van der Waals surface area (Å²) in [5.74, 6) is -0.916. The molecule has 2 nitrogen and oxygen atoms in total. The van der Waals surface area contributed by atoms with Gasteiger partial charge in [-0.3, -0.25) is 4.79 Å². The fraction of sp³-hybridized carbons (Fsp3) is 0.417. The molecule has 0 spiro atoms. The van der Waals surface area contributed by atoms with Crippen LogP contribution in [0.1, 0.15) is 30.7 Å². The van der Waals surface area contributed by atoms with Crippen molar-refractivity contribution in [2.75, 3.05) is 0 Å². The summed E-state index contributed by atoms with van der Waals surface area (Å²) in [5, 5.41) is 9.18. The third-order valence-electron chi connectivity index (χ3n) is 2.95. The van der Waals surface area contributed by atoms with Crippen molar-refractivity contribution in [1.29, 1.82) is 0 Å². The largest absolute Gasteiger partial charge is 0.481 e. The first kappa shape index (κ1) is 11.4. The molecule has 0 aliphatic heterocycles. The standard InChI is InChI=1S/C12H12ClFO2/c13-11-5-8(14)3-4-9(11)10(6-12(15)16)7-1-2-7/h3-5,7,10H,1-2,6H2,(H,15,16). The second-order valence-electron chi connectivity index (χ2n) is 4.21. The van der Waals surface area contributed by atoms with Crippen LogP contribution < -0.4 is 0 Å². The molecule has 86 valence electrons. The quantitative estimate of drug-likeness (QED) is 0.878. The first-order valence-corrected chi connectivity index (χ1v) is 5.62. The van der Waals surface area contributed by atoms with Crippen LogP contribution in [0.15, 0.2) is 18.2 Å². The van der Waals surface area contributed by atoms with E-state index in [9.17, 15) is 9.18 Å². The molecule has 1 aliphatic rings. The summed E-state index contributed by atoms with van der Waals surface area (Å²) in [4.78, 5) is 10.8. The van der Waals surface area contributed by atoms with E-state index in [4.69, 9.17) is 16.7 Å². The molecule has 0 radical (unpaired) electrons. The number of carboxylic acid groups (broad SMARTS) is 1. The van der Waals surface area contributed by atoms with Gasteiger partial charge in [-0.05, 0) is 42.4 Å². The second kappa shape index (κ2) is 4.42. The molecule has 4 heteroatoms. The molecule has 0 bridgehead atoms. The summed E-state index contributed by atoms with van der Waals surface area (Å²) in [6, 6.07) is 4.18. The Morgan fingerprint density at radius 1 is 1.56 bits per heavy atom. The van der Waals surface area contributed by atoms with Gasteiger partial charge in [0.05, 0.1) is 6.42 Å². The van der Waals surface area contributed by atoms with Gasteiger partial charge in [-0.2, -0.15) is 0 Å². The number of halogens is 2. The molecule has 0 saturated heterocycles. The molecule has 1 unspecified atom stereocenters. The van der Waals surface area contributed by atoms with Gasteiger partial charge in [-0.15, -0.1) is 0 Å². The number of hydrogen-bond acceptors (Lipinski definition) is 1. The van der Waals surface area contributed by atoms with Crippen molar-refractivity contribution in [3.63, 3.8) is 0 Å². The zero-order valence-electron chi connectivity index (χ0n) is 8.62. The molecule has 0 heterocycles. The minimum Gasteiger partial charge on any atom is -0.481 e. The lowest BCUT2D eigenvalue weighted by Gasteiger charge is -2.15. The highest BCUT2D eigenvalue weighted by molar-refractivity contribution is 6.31. The van der Waals surface area contributed by atoms with E-state index < -0.39 is 11.8 Å². The summed E-state index contributed by atoms with van der Waals surface area (Å²) in [6.07, 6.45) is 2.13. The van der Waals surface area contributed by atoms with Crippen molar-refractivity contribution in [2.45, 2.75) is 25.2 Å². The molecule has 16 heavy (non-hydrogen) atoms. The monoisotopic (exact) mass is 242 g/mol. The third-order valence-corrected chi connectivity index (χ3v) is 3.27. The van der Waals surface area contributed by atoms with E-state index in [-0.39, 0.29) is 12.3 Å². The van der Waals surface area contributed by atoms with Crippen LogP contribution in [0.5, 0.6) is 0 Å². The topological polar surface area (TPSA) is 37.3 Å². The average Bonchev–Trinajstić information content (AvgIpc) is 2.97. The Hall–Kier alpha value is -1.09. The number of carboxylic acids is 1. The highest BCUT2D eigenvalue weighted by Crippen LogP contribution is 2.46. The maximum absolute atomic E-state index is 12.9. The number of carbonyl (C=O) groups is 1. The summed E-state index contributed by atoms with van der Waals surface area (Å²) >= 11 is 5.95. The van der Waals surface area contributed by atoms with Gasteiger partial charge in [0.15, 0.2) is 0 Å². The number of aliphatic carboxylic acids is 1. The summed E-state index contributed by atoms with van der Waals surface area (Å²) < 4.78 is 12.9. The maximum Gasteiger partial charge on any atom is 0.303 e. The molecular weight excluding hydrogens is 231 g/mol. The Bertz CT molecular complexity index is 415. The van der Waals surface area contributed by atoms with Gasteiger partial charge in [0.1, 0.15) is 5.82 Å². The van der Waals surface area contributed by atoms with Gasteiger partial charge < -0.3 is 5.11 Å². The molecule has 1 N–H and O–H groups in total. The fourth-order valence-electron chi connectivity index (χ4n) is 2.02. The molecule has 1 aromatic carbocycles. The first-order valence-electron chi connectivity index (χ1n) is 5.24. The smallest absolute Gasteiger partial charge is 0.303 e. The van der Waals surface area contributed by atoms with Crippen molar-refractivity contribution < 1.29 is 14.3 Å². The molecule has 0 aromatic heterocycles.